The molecule has 1 aromatic carbocycles. The zero-order chi connectivity index (χ0) is 15.2. The molecule has 7 heteroatoms. The smallest absolute Gasteiger partial charge is 0.270 e. The fourth-order valence-corrected chi connectivity index (χ4v) is 2.33. The van der Waals surface area contributed by atoms with Crippen LogP contribution in [-0.4, -0.2) is 55.0 Å². The summed E-state index contributed by atoms with van der Waals surface area (Å²) in [6.45, 7) is 7.00. The summed E-state index contributed by atoms with van der Waals surface area (Å²) in [5.41, 5.74) is 1.04. The van der Waals surface area contributed by atoms with E-state index >= 15 is 0 Å². The summed E-state index contributed by atoms with van der Waals surface area (Å²) in [6.07, 6.45) is 0. The minimum atomic E-state index is -0.489. The minimum Gasteiger partial charge on any atom is -0.351 e. The second-order valence-electron chi connectivity index (χ2n) is 5.10. The molecule has 1 aliphatic rings. The third-order valence-corrected chi connectivity index (χ3v) is 3.60. The molecule has 114 valence electrons. The molecular formula is C14H20N4O3. The lowest BCUT2D eigenvalue weighted by atomic mass is 10.1. The first-order valence-electron chi connectivity index (χ1n) is 7.04. The molecule has 0 aliphatic carbocycles. The summed E-state index contributed by atoms with van der Waals surface area (Å²) in [5, 5.41) is 16.9. The van der Waals surface area contributed by atoms with Crippen LogP contribution in [0.2, 0.25) is 0 Å². The number of hydrogen-bond donors (Lipinski definition) is 2. The third kappa shape index (κ3) is 4.24. The minimum absolute atomic E-state index is 0.0622. The third-order valence-electron chi connectivity index (χ3n) is 3.60. The van der Waals surface area contributed by atoms with Gasteiger partial charge in [-0.15, -0.1) is 0 Å². The number of carbonyl (C=O) groups excluding carboxylic acids is 1. The molecular weight excluding hydrogens is 272 g/mol. The molecule has 1 aromatic rings. The molecule has 0 spiro atoms. The first-order chi connectivity index (χ1) is 10.1. The van der Waals surface area contributed by atoms with E-state index in [2.05, 4.69) is 15.5 Å². The lowest BCUT2D eigenvalue weighted by Crippen LogP contribution is -2.46. The van der Waals surface area contributed by atoms with Crippen molar-refractivity contribution in [2.24, 2.45) is 0 Å². The Hall–Kier alpha value is -1.99. The molecule has 1 amide bonds. The van der Waals surface area contributed by atoms with Gasteiger partial charge in [-0.2, -0.15) is 0 Å². The maximum absolute atomic E-state index is 12.1. The summed E-state index contributed by atoms with van der Waals surface area (Å²) in [6, 6.07) is 4.34. The van der Waals surface area contributed by atoms with E-state index in [4.69, 9.17) is 0 Å². The van der Waals surface area contributed by atoms with Crippen LogP contribution < -0.4 is 10.6 Å². The highest BCUT2D eigenvalue weighted by molar-refractivity contribution is 5.96. The second kappa shape index (κ2) is 7.14. The van der Waals surface area contributed by atoms with Crippen molar-refractivity contribution < 1.29 is 9.72 Å². The van der Waals surface area contributed by atoms with Gasteiger partial charge in [0.25, 0.3) is 11.6 Å². The van der Waals surface area contributed by atoms with Crippen molar-refractivity contribution in [3.8, 4) is 0 Å². The first kappa shape index (κ1) is 15.4. The van der Waals surface area contributed by atoms with E-state index in [9.17, 15) is 14.9 Å². The van der Waals surface area contributed by atoms with E-state index in [0.29, 0.717) is 12.1 Å². The molecule has 2 rings (SSSR count). The number of amides is 1. The highest BCUT2D eigenvalue weighted by Crippen LogP contribution is 2.17. The molecule has 1 saturated heterocycles. The molecule has 0 radical (unpaired) electrons. The predicted molar refractivity (Wildman–Crippen MR) is 79.5 cm³/mol. The quantitative estimate of drug-likeness (QED) is 0.611. The van der Waals surface area contributed by atoms with Crippen LogP contribution in [0.15, 0.2) is 18.2 Å². The van der Waals surface area contributed by atoms with Crippen LogP contribution in [0, 0.1) is 17.0 Å². The topological polar surface area (TPSA) is 87.5 Å². The Labute approximate surface area is 123 Å². The summed E-state index contributed by atoms with van der Waals surface area (Å²) in [5.74, 6) is -0.258. The number of carbonyl (C=O) groups is 1. The first-order valence-corrected chi connectivity index (χ1v) is 7.04. The number of nitrogens with zero attached hydrogens (tertiary/aromatic N) is 2. The van der Waals surface area contributed by atoms with Crippen molar-refractivity contribution in [2.75, 3.05) is 39.3 Å². The molecule has 0 atom stereocenters. The van der Waals surface area contributed by atoms with Gasteiger partial charge in [0.2, 0.25) is 0 Å². The van der Waals surface area contributed by atoms with Gasteiger partial charge < -0.3 is 10.6 Å². The van der Waals surface area contributed by atoms with Gasteiger partial charge in [-0.1, -0.05) is 6.07 Å². The number of non-ortho nitro benzene ring substituents is 1. The van der Waals surface area contributed by atoms with Gasteiger partial charge in [0.05, 0.1) is 4.92 Å². The fraction of sp³-hybridized carbons (Fsp3) is 0.500. The highest BCUT2D eigenvalue weighted by atomic mass is 16.6. The Kier molecular flexibility index (Phi) is 5.24. The number of nitro groups is 1. The maximum Gasteiger partial charge on any atom is 0.270 e. The lowest BCUT2D eigenvalue weighted by Gasteiger charge is -2.27. The number of nitrogens with one attached hydrogen (secondary N) is 2. The summed E-state index contributed by atoms with van der Waals surface area (Å²) < 4.78 is 0. The molecule has 0 unspecified atom stereocenters. The van der Waals surface area contributed by atoms with Gasteiger partial charge in [-0.05, 0) is 12.5 Å². The molecule has 0 bridgehead atoms. The van der Waals surface area contributed by atoms with Gasteiger partial charge >= 0.3 is 0 Å². The van der Waals surface area contributed by atoms with Gasteiger partial charge in [0.1, 0.15) is 0 Å². The Morgan fingerprint density at radius 1 is 1.43 bits per heavy atom. The summed E-state index contributed by atoms with van der Waals surface area (Å²) in [7, 11) is 0. The van der Waals surface area contributed by atoms with E-state index in [-0.39, 0.29) is 11.6 Å². The predicted octanol–water partition coefficient (Wildman–Crippen LogP) is 0.538. The average Bonchev–Trinajstić information content (AvgIpc) is 2.48. The second-order valence-corrected chi connectivity index (χ2v) is 5.10. The number of nitro benzene ring substituents is 1. The van der Waals surface area contributed by atoms with Crippen LogP contribution in [0.1, 0.15) is 15.9 Å². The van der Waals surface area contributed by atoms with Crippen molar-refractivity contribution in [1.82, 2.24) is 15.5 Å². The fourth-order valence-electron chi connectivity index (χ4n) is 2.33. The number of piperazine rings is 1. The van der Waals surface area contributed by atoms with Crippen LogP contribution >= 0.6 is 0 Å². The number of rotatable bonds is 5. The van der Waals surface area contributed by atoms with Crippen LogP contribution in [0.4, 0.5) is 5.69 Å². The zero-order valence-corrected chi connectivity index (χ0v) is 12.1. The number of aryl methyl sites for hydroxylation is 1. The van der Waals surface area contributed by atoms with Gasteiger partial charge in [0, 0.05) is 57.0 Å². The average molecular weight is 292 g/mol. The largest absolute Gasteiger partial charge is 0.351 e. The Morgan fingerprint density at radius 2 is 2.14 bits per heavy atom. The van der Waals surface area contributed by atoms with Crippen LogP contribution in [0.3, 0.4) is 0 Å². The monoisotopic (exact) mass is 292 g/mol. The SMILES string of the molecule is Cc1ccc([N+](=O)[O-])cc1C(=O)NCCN1CCNCC1. The lowest BCUT2D eigenvalue weighted by molar-refractivity contribution is -0.384. The van der Waals surface area contributed by atoms with Gasteiger partial charge in [-0.3, -0.25) is 19.8 Å². The van der Waals surface area contributed by atoms with Crippen molar-refractivity contribution in [3.63, 3.8) is 0 Å². The van der Waals surface area contributed by atoms with Crippen LogP contribution in [0.5, 0.6) is 0 Å². The molecule has 21 heavy (non-hydrogen) atoms. The standard InChI is InChI=1S/C14H20N4O3/c1-11-2-3-12(18(20)21)10-13(11)14(19)16-6-9-17-7-4-15-5-8-17/h2-3,10,15H,4-9H2,1H3,(H,16,19). The molecule has 0 saturated carbocycles. The Balaban J connectivity index is 1.90. The van der Waals surface area contributed by atoms with Crippen LogP contribution in [-0.2, 0) is 0 Å². The normalized spacial score (nSPS) is 15.7. The molecule has 1 fully saturated rings. The van der Waals surface area contributed by atoms with Crippen molar-refractivity contribution >= 4 is 11.6 Å². The summed E-state index contributed by atoms with van der Waals surface area (Å²) in [4.78, 5) is 24.7. The van der Waals surface area contributed by atoms with E-state index in [1.54, 1.807) is 13.0 Å². The van der Waals surface area contributed by atoms with Crippen LogP contribution in [0.25, 0.3) is 0 Å². The molecule has 1 aliphatic heterocycles. The van der Waals surface area contributed by atoms with Crippen molar-refractivity contribution in [2.45, 2.75) is 6.92 Å². The van der Waals surface area contributed by atoms with E-state index in [1.165, 1.54) is 12.1 Å². The summed E-state index contributed by atoms with van der Waals surface area (Å²) >= 11 is 0. The molecule has 2 N–H and O–H groups in total. The van der Waals surface area contributed by atoms with Gasteiger partial charge in [-0.25, -0.2) is 0 Å². The van der Waals surface area contributed by atoms with E-state index in [0.717, 1.165) is 38.3 Å². The molecule has 1 heterocycles. The highest BCUT2D eigenvalue weighted by Gasteiger charge is 2.15. The van der Waals surface area contributed by atoms with E-state index < -0.39 is 4.92 Å². The molecule has 7 nitrogen and oxygen atoms in total. The Morgan fingerprint density at radius 3 is 2.81 bits per heavy atom. The molecule has 0 aromatic heterocycles. The van der Waals surface area contributed by atoms with E-state index in [1.807, 2.05) is 0 Å². The Bertz CT molecular complexity index is 527. The van der Waals surface area contributed by atoms with Crippen molar-refractivity contribution in [1.29, 1.82) is 0 Å². The van der Waals surface area contributed by atoms with Gasteiger partial charge in [0.15, 0.2) is 0 Å². The zero-order valence-electron chi connectivity index (χ0n) is 12.1. The number of benzene rings is 1. The number of hydrogen-bond acceptors (Lipinski definition) is 5. The van der Waals surface area contributed by atoms with Crippen molar-refractivity contribution in [3.05, 3.63) is 39.4 Å². The maximum atomic E-state index is 12.1.